The maximum Gasteiger partial charge on any atom is 0.251 e. The van der Waals surface area contributed by atoms with E-state index in [1.807, 2.05) is 31.2 Å². The van der Waals surface area contributed by atoms with Crippen LogP contribution >= 0.6 is 0 Å². The number of piperidine rings is 1. The number of rotatable bonds is 4. The van der Waals surface area contributed by atoms with E-state index < -0.39 is 0 Å². The second kappa shape index (κ2) is 6.27. The Kier molecular flexibility index (Phi) is 4.65. The van der Waals surface area contributed by atoms with Crippen molar-refractivity contribution >= 4 is 5.91 Å². The summed E-state index contributed by atoms with van der Waals surface area (Å²) in [5.74, 6) is 0.791. The molecule has 1 aromatic rings. The molecule has 2 rings (SSSR count). The van der Waals surface area contributed by atoms with Gasteiger partial charge in [-0.1, -0.05) is 13.8 Å². The zero-order chi connectivity index (χ0) is 14.6. The van der Waals surface area contributed by atoms with Crippen LogP contribution in [0.25, 0.3) is 0 Å². The Balaban J connectivity index is 2.00. The third kappa shape index (κ3) is 3.51. The first kappa shape index (κ1) is 14.9. The SMILES string of the molecule is CCOc1ccc(C(=O)NC2CCNCC2(C)C)cc1. The Morgan fingerprint density at radius 3 is 2.70 bits per heavy atom. The lowest BCUT2D eigenvalue weighted by Crippen LogP contribution is -2.54. The highest BCUT2D eigenvalue weighted by Gasteiger charge is 2.33. The van der Waals surface area contributed by atoms with E-state index in [0.717, 1.165) is 25.3 Å². The van der Waals surface area contributed by atoms with Gasteiger partial charge in [-0.05, 0) is 49.6 Å². The summed E-state index contributed by atoms with van der Waals surface area (Å²) in [7, 11) is 0. The van der Waals surface area contributed by atoms with Gasteiger partial charge in [-0.3, -0.25) is 4.79 Å². The fraction of sp³-hybridized carbons (Fsp3) is 0.562. The molecular weight excluding hydrogens is 252 g/mol. The Labute approximate surface area is 120 Å². The molecule has 0 saturated carbocycles. The van der Waals surface area contributed by atoms with E-state index in [1.165, 1.54) is 0 Å². The van der Waals surface area contributed by atoms with Crippen molar-refractivity contribution in [2.45, 2.75) is 33.2 Å². The van der Waals surface area contributed by atoms with Crippen LogP contribution < -0.4 is 15.4 Å². The van der Waals surface area contributed by atoms with Crippen molar-refractivity contribution < 1.29 is 9.53 Å². The van der Waals surface area contributed by atoms with Crippen LogP contribution in [0.1, 0.15) is 37.6 Å². The maximum atomic E-state index is 12.3. The van der Waals surface area contributed by atoms with Crippen molar-refractivity contribution in [3.05, 3.63) is 29.8 Å². The van der Waals surface area contributed by atoms with Crippen LogP contribution in [-0.2, 0) is 0 Å². The average molecular weight is 276 g/mol. The van der Waals surface area contributed by atoms with Crippen molar-refractivity contribution in [1.29, 1.82) is 0 Å². The molecular formula is C16H24N2O2. The molecule has 1 unspecified atom stereocenters. The summed E-state index contributed by atoms with van der Waals surface area (Å²) in [6.07, 6.45) is 0.968. The number of hydrogen-bond donors (Lipinski definition) is 2. The number of carbonyl (C=O) groups excluding carboxylic acids is 1. The minimum atomic E-state index is -0.00646. The van der Waals surface area contributed by atoms with E-state index in [9.17, 15) is 4.79 Å². The van der Waals surface area contributed by atoms with E-state index >= 15 is 0 Å². The van der Waals surface area contributed by atoms with Crippen molar-refractivity contribution in [3.8, 4) is 5.75 Å². The van der Waals surface area contributed by atoms with E-state index in [0.29, 0.717) is 12.2 Å². The van der Waals surface area contributed by atoms with Crippen LogP contribution in [-0.4, -0.2) is 31.6 Å². The zero-order valence-corrected chi connectivity index (χ0v) is 12.5. The third-order valence-electron chi connectivity index (χ3n) is 3.87. The Bertz CT molecular complexity index is 454. The first-order valence-corrected chi connectivity index (χ1v) is 7.27. The minimum absolute atomic E-state index is 0.00646. The molecule has 0 bridgehead atoms. The molecule has 0 aromatic heterocycles. The fourth-order valence-corrected chi connectivity index (χ4v) is 2.55. The highest BCUT2D eigenvalue weighted by molar-refractivity contribution is 5.94. The van der Waals surface area contributed by atoms with E-state index in [4.69, 9.17) is 4.74 Å². The number of hydrogen-bond acceptors (Lipinski definition) is 3. The van der Waals surface area contributed by atoms with E-state index in [1.54, 1.807) is 0 Å². The quantitative estimate of drug-likeness (QED) is 0.886. The number of benzene rings is 1. The fourth-order valence-electron chi connectivity index (χ4n) is 2.55. The van der Waals surface area contributed by atoms with Crippen molar-refractivity contribution in [1.82, 2.24) is 10.6 Å². The van der Waals surface area contributed by atoms with Crippen molar-refractivity contribution in [3.63, 3.8) is 0 Å². The Morgan fingerprint density at radius 1 is 1.40 bits per heavy atom. The lowest BCUT2D eigenvalue weighted by Gasteiger charge is -2.39. The van der Waals surface area contributed by atoms with Gasteiger partial charge in [-0.25, -0.2) is 0 Å². The summed E-state index contributed by atoms with van der Waals surface area (Å²) in [6, 6.07) is 7.52. The lowest BCUT2D eigenvalue weighted by atomic mass is 9.80. The molecule has 1 saturated heterocycles. The van der Waals surface area contributed by atoms with Gasteiger partial charge in [-0.2, -0.15) is 0 Å². The summed E-state index contributed by atoms with van der Waals surface area (Å²) in [5, 5.41) is 6.53. The van der Waals surface area contributed by atoms with Crippen LogP contribution in [0.15, 0.2) is 24.3 Å². The standard InChI is InChI=1S/C16H24N2O2/c1-4-20-13-7-5-12(6-8-13)15(19)18-14-9-10-17-11-16(14,2)3/h5-8,14,17H,4,9-11H2,1-3H3,(H,18,19). The lowest BCUT2D eigenvalue weighted by molar-refractivity contribution is 0.0868. The zero-order valence-electron chi connectivity index (χ0n) is 12.5. The molecule has 1 aliphatic heterocycles. The predicted octanol–water partition coefficient (Wildman–Crippen LogP) is 2.20. The van der Waals surface area contributed by atoms with Gasteiger partial charge in [0, 0.05) is 18.2 Å². The van der Waals surface area contributed by atoms with Crippen molar-refractivity contribution in [2.24, 2.45) is 5.41 Å². The maximum absolute atomic E-state index is 12.3. The molecule has 20 heavy (non-hydrogen) atoms. The predicted molar refractivity (Wildman–Crippen MR) is 80.1 cm³/mol. The number of carbonyl (C=O) groups is 1. The largest absolute Gasteiger partial charge is 0.494 e. The number of nitrogens with one attached hydrogen (secondary N) is 2. The van der Waals surface area contributed by atoms with Gasteiger partial charge in [0.1, 0.15) is 5.75 Å². The number of ether oxygens (including phenoxy) is 1. The Morgan fingerprint density at radius 2 is 2.10 bits per heavy atom. The molecule has 0 aliphatic carbocycles. The van der Waals surface area contributed by atoms with Gasteiger partial charge in [0.25, 0.3) is 5.91 Å². The average Bonchev–Trinajstić information content (AvgIpc) is 2.42. The van der Waals surface area contributed by atoms with Gasteiger partial charge in [0.05, 0.1) is 6.61 Å². The molecule has 1 fully saturated rings. The van der Waals surface area contributed by atoms with Crippen molar-refractivity contribution in [2.75, 3.05) is 19.7 Å². The highest BCUT2D eigenvalue weighted by Crippen LogP contribution is 2.25. The summed E-state index contributed by atoms with van der Waals surface area (Å²) in [4.78, 5) is 12.3. The topological polar surface area (TPSA) is 50.4 Å². The molecule has 4 heteroatoms. The third-order valence-corrected chi connectivity index (χ3v) is 3.87. The van der Waals surface area contributed by atoms with E-state index in [-0.39, 0.29) is 17.4 Å². The summed E-state index contributed by atoms with van der Waals surface area (Å²) in [6.45, 7) is 8.83. The van der Waals surface area contributed by atoms with Gasteiger partial charge in [-0.15, -0.1) is 0 Å². The summed E-state index contributed by atoms with van der Waals surface area (Å²) >= 11 is 0. The van der Waals surface area contributed by atoms with Crippen LogP contribution in [0, 0.1) is 5.41 Å². The van der Waals surface area contributed by atoms with Gasteiger partial charge in [0.15, 0.2) is 0 Å². The minimum Gasteiger partial charge on any atom is -0.494 e. The monoisotopic (exact) mass is 276 g/mol. The smallest absolute Gasteiger partial charge is 0.251 e. The van der Waals surface area contributed by atoms with Crippen LogP contribution in [0.3, 0.4) is 0 Å². The molecule has 2 N–H and O–H groups in total. The van der Waals surface area contributed by atoms with Crippen LogP contribution in [0.5, 0.6) is 5.75 Å². The summed E-state index contributed by atoms with van der Waals surface area (Å²) in [5.41, 5.74) is 0.766. The number of amides is 1. The van der Waals surface area contributed by atoms with Gasteiger partial charge >= 0.3 is 0 Å². The first-order chi connectivity index (χ1) is 9.53. The molecule has 110 valence electrons. The van der Waals surface area contributed by atoms with E-state index in [2.05, 4.69) is 24.5 Å². The van der Waals surface area contributed by atoms with Gasteiger partial charge < -0.3 is 15.4 Å². The molecule has 1 aromatic carbocycles. The van der Waals surface area contributed by atoms with Gasteiger partial charge in [0.2, 0.25) is 0 Å². The molecule has 0 radical (unpaired) electrons. The molecule has 1 heterocycles. The second-order valence-electron chi connectivity index (χ2n) is 5.94. The molecule has 1 aliphatic rings. The van der Waals surface area contributed by atoms with Crippen LogP contribution in [0.4, 0.5) is 0 Å². The molecule has 1 atom stereocenters. The Hall–Kier alpha value is -1.55. The highest BCUT2D eigenvalue weighted by atomic mass is 16.5. The normalized spacial score (nSPS) is 21.2. The first-order valence-electron chi connectivity index (χ1n) is 7.27. The summed E-state index contributed by atoms with van der Waals surface area (Å²) < 4.78 is 5.38. The molecule has 0 spiro atoms. The second-order valence-corrected chi connectivity index (χ2v) is 5.94. The molecule has 1 amide bonds. The van der Waals surface area contributed by atoms with Crippen LogP contribution in [0.2, 0.25) is 0 Å². The molecule has 4 nitrogen and oxygen atoms in total.